The molecular formula is C13H17ClFN3O3. The highest BCUT2D eigenvalue weighted by Crippen LogP contribution is 2.21. The number of nitro benzene ring substituents is 1. The summed E-state index contributed by atoms with van der Waals surface area (Å²) in [5, 5.41) is 10.5. The van der Waals surface area contributed by atoms with Crippen LogP contribution in [0.3, 0.4) is 0 Å². The van der Waals surface area contributed by atoms with Crippen molar-refractivity contribution in [1.29, 1.82) is 0 Å². The number of likely N-dealkylation sites (tertiary alicyclic amines) is 1. The van der Waals surface area contributed by atoms with E-state index in [0.29, 0.717) is 25.6 Å². The van der Waals surface area contributed by atoms with Gasteiger partial charge >= 0.3 is 0 Å². The molecule has 0 bridgehead atoms. The minimum atomic E-state index is -0.856. The van der Waals surface area contributed by atoms with Crippen LogP contribution in [-0.4, -0.2) is 35.4 Å². The molecule has 8 heteroatoms. The highest BCUT2D eigenvalue weighted by atomic mass is 35.5. The van der Waals surface area contributed by atoms with Crippen LogP contribution in [0.4, 0.5) is 10.1 Å². The smallest absolute Gasteiger partial charge is 0.272 e. The average Bonchev–Trinajstić information content (AvgIpc) is 2.46. The lowest BCUT2D eigenvalue weighted by Crippen LogP contribution is -2.40. The number of carbonyl (C=O) groups is 1. The summed E-state index contributed by atoms with van der Waals surface area (Å²) in [5.74, 6) is -0.876. The Balaban J connectivity index is 0.00000220. The third-order valence-electron chi connectivity index (χ3n) is 3.63. The Labute approximate surface area is 127 Å². The van der Waals surface area contributed by atoms with Gasteiger partial charge in [-0.1, -0.05) is 0 Å². The molecular weight excluding hydrogens is 301 g/mol. The largest absolute Gasteiger partial charge is 0.339 e. The van der Waals surface area contributed by atoms with Crippen LogP contribution in [0.15, 0.2) is 18.2 Å². The topological polar surface area (TPSA) is 89.5 Å². The Morgan fingerprint density at radius 3 is 2.52 bits per heavy atom. The lowest BCUT2D eigenvalue weighted by Gasteiger charge is -2.31. The third-order valence-corrected chi connectivity index (χ3v) is 3.63. The number of hydrogen-bond donors (Lipinski definition) is 1. The van der Waals surface area contributed by atoms with E-state index in [1.54, 1.807) is 4.90 Å². The van der Waals surface area contributed by atoms with Crippen LogP contribution in [0, 0.1) is 21.8 Å². The van der Waals surface area contributed by atoms with Crippen molar-refractivity contribution in [2.45, 2.75) is 12.8 Å². The molecule has 21 heavy (non-hydrogen) atoms. The molecule has 116 valence electrons. The number of benzene rings is 1. The van der Waals surface area contributed by atoms with Gasteiger partial charge in [-0.2, -0.15) is 0 Å². The summed E-state index contributed by atoms with van der Waals surface area (Å²) in [5.41, 5.74) is 5.09. The van der Waals surface area contributed by atoms with E-state index < -0.39 is 16.6 Å². The molecule has 0 unspecified atom stereocenters. The second kappa shape index (κ2) is 7.33. The summed E-state index contributed by atoms with van der Waals surface area (Å²) < 4.78 is 13.8. The van der Waals surface area contributed by atoms with Crippen molar-refractivity contribution >= 4 is 24.0 Å². The number of piperidine rings is 1. The van der Waals surface area contributed by atoms with E-state index in [2.05, 4.69) is 0 Å². The molecule has 1 aliphatic rings. The van der Waals surface area contributed by atoms with E-state index in [1.807, 2.05) is 0 Å². The van der Waals surface area contributed by atoms with E-state index in [1.165, 1.54) is 6.07 Å². The Kier molecular flexibility index (Phi) is 6.04. The number of rotatable bonds is 3. The standard InChI is InChI=1S/C13H16FN3O3.ClH/c14-12-7-10(17(19)20)1-2-11(12)13(18)16-5-3-9(8-15)4-6-16;/h1-2,7,9H,3-6,8,15H2;1H. The van der Waals surface area contributed by atoms with Crippen LogP contribution in [0.2, 0.25) is 0 Å². The Morgan fingerprint density at radius 2 is 2.05 bits per heavy atom. The van der Waals surface area contributed by atoms with Crippen molar-refractivity contribution < 1.29 is 14.1 Å². The third kappa shape index (κ3) is 3.89. The quantitative estimate of drug-likeness (QED) is 0.681. The predicted octanol–water partition coefficient (Wildman–Crippen LogP) is 1.97. The SMILES string of the molecule is Cl.NCC1CCN(C(=O)c2ccc([N+](=O)[O-])cc2F)CC1. The molecule has 0 saturated carbocycles. The summed E-state index contributed by atoms with van der Waals surface area (Å²) >= 11 is 0. The number of amides is 1. The molecule has 2 N–H and O–H groups in total. The normalized spacial score (nSPS) is 15.4. The maximum absolute atomic E-state index is 13.8. The second-order valence-corrected chi connectivity index (χ2v) is 4.89. The van der Waals surface area contributed by atoms with Gasteiger partial charge in [-0.05, 0) is 31.4 Å². The molecule has 0 aromatic heterocycles. The fourth-order valence-electron chi connectivity index (χ4n) is 2.33. The minimum Gasteiger partial charge on any atom is -0.339 e. The zero-order valence-corrected chi connectivity index (χ0v) is 12.1. The van der Waals surface area contributed by atoms with Gasteiger partial charge in [0.25, 0.3) is 11.6 Å². The Morgan fingerprint density at radius 1 is 1.43 bits per heavy atom. The zero-order valence-electron chi connectivity index (χ0n) is 11.3. The second-order valence-electron chi connectivity index (χ2n) is 4.89. The van der Waals surface area contributed by atoms with Crippen LogP contribution < -0.4 is 5.73 Å². The molecule has 1 aromatic carbocycles. The first-order valence-corrected chi connectivity index (χ1v) is 6.46. The van der Waals surface area contributed by atoms with Gasteiger partial charge in [0.2, 0.25) is 0 Å². The van der Waals surface area contributed by atoms with Gasteiger partial charge < -0.3 is 10.6 Å². The van der Waals surface area contributed by atoms with E-state index in [4.69, 9.17) is 5.73 Å². The van der Waals surface area contributed by atoms with Crippen molar-refractivity contribution in [2.24, 2.45) is 11.7 Å². The number of nitro groups is 1. The van der Waals surface area contributed by atoms with Crippen molar-refractivity contribution in [3.8, 4) is 0 Å². The van der Waals surface area contributed by atoms with E-state index >= 15 is 0 Å². The summed E-state index contributed by atoms with van der Waals surface area (Å²) in [7, 11) is 0. The van der Waals surface area contributed by atoms with Crippen LogP contribution in [-0.2, 0) is 0 Å². The Hall–Kier alpha value is -1.73. The number of nitrogens with zero attached hydrogens (tertiary/aromatic N) is 2. The number of halogens is 2. The first kappa shape index (κ1) is 17.3. The molecule has 1 aromatic rings. The lowest BCUT2D eigenvalue weighted by atomic mass is 9.96. The molecule has 6 nitrogen and oxygen atoms in total. The number of carbonyl (C=O) groups excluding carboxylic acids is 1. The highest BCUT2D eigenvalue weighted by molar-refractivity contribution is 5.94. The van der Waals surface area contributed by atoms with Crippen molar-refractivity contribution in [3.05, 3.63) is 39.7 Å². The van der Waals surface area contributed by atoms with Crippen molar-refractivity contribution in [2.75, 3.05) is 19.6 Å². The summed E-state index contributed by atoms with van der Waals surface area (Å²) in [6.45, 7) is 1.67. The van der Waals surface area contributed by atoms with Crippen molar-refractivity contribution in [1.82, 2.24) is 4.90 Å². The monoisotopic (exact) mass is 317 g/mol. The van der Waals surface area contributed by atoms with Crippen LogP contribution in [0.25, 0.3) is 0 Å². The van der Waals surface area contributed by atoms with E-state index in [0.717, 1.165) is 25.0 Å². The molecule has 0 aliphatic carbocycles. The number of nitrogens with two attached hydrogens (primary N) is 1. The van der Waals surface area contributed by atoms with Crippen LogP contribution >= 0.6 is 12.4 Å². The van der Waals surface area contributed by atoms with Crippen LogP contribution in [0.1, 0.15) is 23.2 Å². The fraction of sp³-hybridized carbons (Fsp3) is 0.462. The maximum atomic E-state index is 13.8. The maximum Gasteiger partial charge on any atom is 0.272 e. The van der Waals surface area contributed by atoms with Gasteiger partial charge in [0.15, 0.2) is 0 Å². The molecule has 1 heterocycles. The molecule has 1 aliphatic heterocycles. The molecule has 0 radical (unpaired) electrons. The highest BCUT2D eigenvalue weighted by Gasteiger charge is 2.25. The van der Waals surface area contributed by atoms with Gasteiger partial charge in [-0.3, -0.25) is 14.9 Å². The fourth-order valence-corrected chi connectivity index (χ4v) is 2.33. The molecule has 1 amide bonds. The molecule has 1 fully saturated rings. The van der Waals surface area contributed by atoms with Gasteiger partial charge in [0, 0.05) is 19.2 Å². The minimum absolute atomic E-state index is 0. The lowest BCUT2D eigenvalue weighted by molar-refractivity contribution is -0.385. The summed E-state index contributed by atoms with van der Waals surface area (Å²) in [6.07, 6.45) is 1.60. The predicted molar refractivity (Wildman–Crippen MR) is 78.0 cm³/mol. The van der Waals surface area contributed by atoms with Gasteiger partial charge in [0.1, 0.15) is 5.82 Å². The molecule has 2 rings (SSSR count). The Bertz CT molecular complexity index is 533. The summed E-state index contributed by atoms with van der Waals surface area (Å²) in [4.78, 5) is 23.6. The van der Waals surface area contributed by atoms with E-state index in [-0.39, 0.29) is 23.7 Å². The number of non-ortho nitro benzene ring substituents is 1. The van der Waals surface area contributed by atoms with E-state index in [9.17, 15) is 19.3 Å². The van der Waals surface area contributed by atoms with Crippen LogP contribution in [0.5, 0.6) is 0 Å². The van der Waals surface area contributed by atoms with Crippen molar-refractivity contribution in [3.63, 3.8) is 0 Å². The average molecular weight is 318 g/mol. The number of hydrogen-bond acceptors (Lipinski definition) is 4. The molecule has 1 saturated heterocycles. The van der Waals surface area contributed by atoms with Gasteiger partial charge in [0.05, 0.1) is 16.6 Å². The van der Waals surface area contributed by atoms with Gasteiger partial charge in [-0.15, -0.1) is 12.4 Å². The summed E-state index contributed by atoms with van der Waals surface area (Å²) in [6, 6.07) is 3.09. The first-order chi connectivity index (χ1) is 9.52. The van der Waals surface area contributed by atoms with Gasteiger partial charge in [-0.25, -0.2) is 4.39 Å². The zero-order chi connectivity index (χ0) is 14.7. The molecule has 0 spiro atoms. The molecule has 0 atom stereocenters. The first-order valence-electron chi connectivity index (χ1n) is 6.46.